The van der Waals surface area contributed by atoms with Crippen LogP contribution in [0.5, 0.6) is 5.75 Å². The lowest BCUT2D eigenvalue weighted by Crippen LogP contribution is -1.94. The smallest absolute Gasteiger partial charge is 0.270 e. The van der Waals surface area contributed by atoms with Gasteiger partial charge >= 0.3 is 0 Å². The number of ketones is 1. The normalized spacial score (nSPS) is 9.59. The highest BCUT2D eigenvalue weighted by atomic mass is 16.5. The van der Waals surface area contributed by atoms with Gasteiger partial charge in [0, 0.05) is 0 Å². The number of carbonyl (C=O) groups excluding carboxylic acids is 1. The highest BCUT2D eigenvalue weighted by molar-refractivity contribution is 6.06. The summed E-state index contributed by atoms with van der Waals surface area (Å²) >= 11 is 0. The van der Waals surface area contributed by atoms with Gasteiger partial charge in [-0.15, -0.1) is 6.42 Å². The summed E-state index contributed by atoms with van der Waals surface area (Å²) in [7, 11) is 0. The number of furan rings is 1. The Morgan fingerprint density at radius 3 is 2.71 bits per heavy atom. The van der Waals surface area contributed by atoms with E-state index in [1.807, 2.05) is 36.3 Å². The molecule has 0 atom stereocenters. The Morgan fingerprint density at radius 1 is 1.24 bits per heavy atom. The van der Waals surface area contributed by atoms with E-state index in [-0.39, 0.29) is 12.4 Å². The summed E-state index contributed by atoms with van der Waals surface area (Å²) in [5.74, 6) is 3.01. The Hall–Kier alpha value is -2.47. The van der Waals surface area contributed by atoms with Crippen LogP contribution in [-0.2, 0) is 6.61 Å². The Bertz CT molecular complexity index is 546. The predicted molar refractivity (Wildman–Crippen MR) is 62.6 cm³/mol. The molecule has 1 heterocycles. The molecule has 0 N–H and O–H groups in total. The van der Waals surface area contributed by atoms with Crippen molar-refractivity contribution in [3.63, 3.8) is 0 Å². The van der Waals surface area contributed by atoms with Crippen molar-refractivity contribution in [2.45, 2.75) is 6.61 Å². The summed E-state index contributed by atoms with van der Waals surface area (Å²) < 4.78 is 10.7. The van der Waals surface area contributed by atoms with Crippen LogP contribution in [0.4, 0.5) is 0 Å². The summed E-state index contributed by atoms with van der Waals surface area (Å²) in [6.45, 7) is 0.266. The van der Waals surface area contributed by atoms with Gasteiger partial charge in [0.2, 0.25) is 0 Å². The zero-order chi connectivity index (χ0) is 12.1. The van der Waals surface area contributed by atoms with Crippen LogP contribution < -0.4 is 4.74 Å². The fourth-order valence-electron chi connectivity index (χ4n) is 1.32. The summed E-state index contributed by atoms with van der Waals surface area (Å²) in [6.07, 6.45) is 4.99. The number of hydrogen-bond donors (Lipinski definition) is 0. The molecule has 0 bridgehead atoms. The molecular formula is C14H10O3. The molecule has 1 aromatic carbocycles. The fraction of sp³-hybridized carbons (Fsp3) is 0.0714. The number of rotatable bonds is 4. The summed E-state index contributed by atoms with van der Waals surface area (Å²) in [4.78, 5) is 11.1. The van der Waals surface area contributed by atoms with Crippen molar-refractivity contribution < 1.29 is 13.9 Å². The van der Waals surface area contributed by atoms with E-state index >= 15 is 0 Å². The molecule has 1 aromatic heterocycles. The monoisotopic (exact) mass is 226 g/mol. The van der Waals surface area contributed by atoms with Gasteiger partial charge < -0.3 is 9.15 Å². The number of ether oxygens (including phenoxy) is 1. The third-order valence-electron chi connectivity index (χ3n) is 2.14. The third-order valence-corrected chi connectivity index (χ3v) is 2.14. The molecule has 0 spiro atoms. The lowest BCUT2D eigenvalue weighted by atomic mass is 10.3. The van der Waals surface area contributed by atoms with Crippen LogP contribution in [0.2, 0.25) is 0 Å². The van der Waals surface area contributed by atoms with Crippen LogP contribution in [0.1, 0.15) is 16.3 Å². The first-order valence-electron chi connectivity index (χ1n) is 5.07. The first-order valence-corrected chi connectivity index (χ1v) is 5.07. The second-order valence-corrected chi connectivity index (χ2v) is 3.34. The molecule has 17 heavy (non-hydrogen) atoms. The van der Waals surface area contributed by atoms with Gasteiger partial charge in [-0.3, -0.25) is 4.79 Å². The van der Waals surface area contributed by atoms with Gasteiger partial charge in [0.25, 0.3) is 5.78 Å². The first-order chi connectivity index (χ1) is 8.29. The lowest BCUT2D eigenvalue weighted by Gasteiger charge is -2.02. The maximum atomic E-state index is 11.1. The van der Waals surface area contributed by atoms with Gasteiger partial charge in [0.1, 0.15) is 18.1 Å². The fourth-order valence-corrected chi connectivity index (χ4v) is 1.32. The Balaban J connectivity index is 1.99. The van der Waals surface area contributed by atoms with Crippen LogP contribution in [0.3, 0.4) is 0 Å². The van der Waals surface area contributed by atoms with Crippen LogP contribution in [0, 0.1) is 12.3 Å². The van der Waals surface area contributed by atoms with Crippen molar-refractivity contribution in [2.75, 3.05) is 0 Å². The highest BCUT2D eigenvalue weighted by Gasteiger charge is 2.08. The Labute approximate surface area is 99.0 Å². The lowest BCUT2D eigenvalue weighted by molar-refractivity contribution is 0.102. The molecule has 0 aliphatic rings. The molecule has 2 aromatic rings. The molecule has 2 rings (SSSR count). The number of terminal acetylenes is 1. The molecule has 0 fully saturated rings. The van der Waals surface area contributed by atoms with Crippen molar-refractivity contribution in [3.8, 4) is 18.1 Å². The van der Waals surface area contributed by atoms with E-state index in [9.17, 15) is 4.79 Å². The van der Waals surface area contributed by atoms with Crippen molar-refractivity contribution in [3.05, 3.63) is 54.0 Å². The second kappa shape index (κ2) is 5.04. The van der Waals surface area contributed by atoms with Crippen LogP contribution in [0.15, 0.2) is 46.9 Å². The highest BCUT2D eigenvalue weighted by Crippen LogP contribution is 2.13. The predicted octanol–water partition coefficient (Wildman–Crippen LogP) is 2.67. The minimum Gasteiger partial charge on any atom is -0.486 e. The quantitative estimate of drug-likeness (QED) is 0.457. The van der Waals surface area contributed by atoms with E-state index in [4.69, 9.17) is 15.6 Å². The van der Waals surface area contributed by atoms with E-state index in [1.165, 1.54) is 0 Å². The molecule has 0 saturated heterocycles. The van der Waals surface area contributed by atoms with E-state index in [1.54, 1.807) is 12.1 Å². The van der Waals surface area contributed by atoms with Crippen molar-refractivity contribution in [1.29, 1.82) is 0 Å². The second-order valence-electron chi connectivity index (χ2n) is 3.34. The van der Waals surface area contributed by atoms with Gasteiger partial charge in [-0.1, -0.05) is 18.2 Å². The summed E-state index contributed by atoms with van der Waals surface area (Å²) in [5.41, 5.74) is 0. The molecule has 84 valence electrons. The third kappa shape index (κ3) is 2.76. The average molecular weight is 226 g/mol. The average Bonchev–Trinajstić information content (AvgIpc) is 2.85. The van der Waals surface area contributed by atoms with Gasteiger partial charge in [-0.05, 0) is 30.2 Å². The van der Waals surface area contributed by atoms with Gasteiger partial charge in [-0.2, -0.15) is 0 Å². The molecule has 0 radical (unpaired) electrons. The molecule has 0 amide bonds. The van der Waals surface area contributed by atoms with E-state index in [2.05, 4.69) is 0 Å². The van der Waals surface area contributed by atoms with E-state index < -0.39 is 5.78 Å². The van der Waals surface area contributed by atoms with Crippen molar-refractivity contribution in [2.24, 2.45) is 0 Å². The molecule has 3 nitrogen and oxygen atoms in total. The van der Waals surface area contributed by atoms with Crippen LogP contribution >= 0.6 is 0 Å². The molecule has 3 heteroatoms. The van der Waals surface area contributed by atoms with Gasteiger partial charge in [0.15, 0.2) is 5.76 Å². The minimum atomic E-state index is -0.462. The van der Waals surface area contributed by atoms with Crippen LogP contribution in [0.25, 0.3) is 0 Å². The number of Topliss-reactive ketones (excluding diaryl/α,β-unsaturated/α-hetero) is 1. The maximum Gasteiger partial charge on any atom is 0.270 e. The molecule has 0 aliphatic heterocycles. The SMILES string of the molecule is C#CC(=O)c1ccc(COc2ccccc2)o1. The van der Waals surface area contributed by atoms with E-state index in [0.717, 1.165) is 5.75 Å². The van der Waals surface area contributed by atoms with Crippen molar-refractivity contribution in [1.82, 2.24) is 0 Å². The standard InChI is InChI=1S/C14H10O3/c1-2-13(15)14-9-8-12(17-14)10-16-11-6-4-3-5-7-11/h1,3-9H,10H2. The zero-order valence-electron chi connectivity index (χ0n) is 9.05. The number of hydrogen-bond acceptors (Lipinski definition) is 3. The summed E-state index contributed by atoms with van der Waals surface area (Å²) in [6, 6.07) is 12.6. The van der Waals surface area contributed by atoms with Gasteiger partial charge in [0.05, 0.1) is 0 Å². The zero-order valence-corrected chi connectivity index (χ0v) is 9.05. The largest absolute Gasteiger partial charge is 0.486 e. The number of para-hydroxylation sites is 1. The molecule has 0 saturated carbocycles. The Morgan fingerprint density at radius 2 is 2.00 bits per heavy atom. The Kier molecular flexibility index (Phi) is 3.27. The van der Waals surface area contributed by atoms with E-state index in [0.29, 0.717) is 5.76 Å². The number of benzene rings is 1. The molecular weight excluding hydrogens is 216 g/mol. The van der Waals surface area contributed by atoms with Gasteiger partial charge in [-0.25, -0.2) is 0 Å². The summed E-state index contributed by atoms with van der Waals surface area (Å²) in [5, 5.41) is 0. The number of carbonyl (C=O) groups is 1. The minimum absolute atomic E-state index is 0.166. The van der Waals surface area contributed by atoms with Crippen LogP contribution in [-0.4, -0.2) is 5.78 Å². The first kappa shape index (κ1) is 11.0. The maximum absolute atomic E-state index is 11.1. The van der Waals surface area contributed by atoms with Crippen molar-refractivity contribution >= 4 is 5.78 Å². The topological polar surface area (TPSA) is 39.4 Å². The molecule has 0 aliphatic carbocycles. The molecule has 0 unspecified atom stereocenters.